The van der Waals surface area contributed by atoms with Gasteiger partial charge in [0.05, 0.1) is 6.10 Å². The van der Waals surface area contributed by atoms with Crippen molar-refractivity contribution in [2.24, 2.45) is 5.92 Å². The third-order valence-corrected chi connectivity index (χ3v) is 3.45. The maximum Gasteiger partial charge on any atom is 0.221 e. The Bertz CT molecular complexity index is 244. The van der Waals surface area contributed by atoms with Gasteiger partial charge in [-0.05, 0) is 31.6 Å². The van der Waals surface area contributed by atoms with Gasteiger partial charge in [-0.15, -0.1) is 0 Å². The van der Waals surface area contributed by atoms with E-state index in [1.807, 2.05) is 0 Å². The van der Waals surface area contributed by atoms with Crippen molar-refractivity contribution < 1.29 is 9.53 Å². The van der Waals surface area contributed by atoms with E-state index in [0.29, 0.717) is 24.5 Å². The second-order valence-corrected chi connectivity index (χ2v) is 5.62. The Labute approximate surface area is 111 Å². The van der Waals surface area contributed by atoms with E-state index in [9.17, 15) is 4.79 Å². The Morgan fingerprint density at radius 2 is 2.17 bits per heavy atom. The second kappa shape index (κ2) is 8.48. The van der Waals surface area contributed by atoms with Gasteiger partial charge in [-0.1, -0.05) is 13.8 Å². The predicted octanol–water partition coefficient (Wildman–Crippen LogP) is 1.70. The summed E-state index contributed by atoms with van der Waals surface area (Å²) in [5.74, 6) is 0.665. The third-order valence-electron chi connectivity index (χ3n) is 3.45. The van der Waals surface area contributed by atoms with Crippen molar-refractivity contribution in [2.45, 2.75) is 58.1 Å². The minimum atomic E-state index is 0.148. The Morgan fingerprint density at radius 3 is 2.83 bits per heavy atom. The standard InChI is InChI=1S/C14H28N2O2/c1-11(2)10-16-14(17)7-8-15-12-5-4-6-13(9-12)18-3/h11-13,15H,4-10H2,1-3H3,(H,16,17). The summed E-state index contributed by atoms with van der Waals surface area (Å²) in [5, 5.41) is 6.40. The molecule has 0 aromatic rings. The van der Waals surface area contributed by atoms with Gasteiger partial charge in [0.15, 0.2) is 0 Å². The van der Waals surface area contributed by atoms with E-state index in [1.165, 1.54) is 19.3 Å². The first kappa shape index (κ1) is 15.4. The zero-order valence-electron chi connectivity index (χ0n) is 12.0. The largest absolute Gasteiger partial charge is 0.381 e. The van der Waals surface area contributed by atoms with Crippen LogP contribution in [0.5, 0.6) is 0 Å². The monoisotopic (exact) mass is 256 g/mol. The molecule has 1 rings (SSSR count). The minimum absolute atomic E-state index is 0.148. The fourth-order valence-electron chi connectivity index (χ4n) is 2.34. The summed E-state index contributed by atoms with van der Waals surface area (Å²) in [6, 6.07) is 0.515. The summed E-state index contributed by atoms with van der Waals surface area (Å²) in [7, 11) is 1.78. The van der Waals surface area contributed by atoms with Crippen LogP contribution in [0.2, 0.25) is 0 Å². The van der Waals surface area contributed by atoms with Crippen LogP contribution in [0.1, 0.15) is 46.0 Å². The van der Waals surface area contributed by atoms with Crippen molar-refractivity contribution in [3.8, 4) is 0 Å². The van der Waals surface area contributed by atoms with Crippen molar-refractivity contribution in [1.82, 2.24) is 10.6 Å². The van der Waals surface area contributed by atoms with Gasteiger partial charge in [0.25, 0.3) is 0 Å². The molecule has 2 N–H and O–H groups in total. The number of methoxy groups -OCH3 is 1. The lowest BCUT2D eigenvalue weighted by Gasteiger charge is -2.28. The first-order valence-corrected chi connectivity index (χ1v) is 7.14. The number of hydrogen-bond donors (Lipinski definition) is 2. The summed E-state index contributed by atoms with van der Waals surface area (Å²) in [6.07, 6.45) is 5.63. The molecule has 0 aromatic carbocycles. The second-order valence-electron chi connectivity index (χ2n) is 5.62. The number of carbonyl (C=O) groups is 1. The molecule has 4 nitrogen and oxygen atoms in total. The molecule has 0 heterocycles. The fraction of sp³-hybridized carbons (Fsp3) is 0.929. The number of hydrogen-bond acceptors (Lipinski definition) is 3. The van der Waals surface area contributed by atoms with Crippen LogP contribution in [-0.4, -0.2) is 38.3 Å². The molecule has 2 unspecified atom stereocenters. The van der Waals surface area contributed by atoms with E-state index in [2.05, 4.69) is 24.5 Å². The van der Waals surface area contributed by atoms with Crippen molar-refractivity contribution >= 4 is 5.91 Å². The molecule has 106 valence electrons. The Hall–Kier alpha value is -0.610. The lowest BCUT2D eigenvalue weighted by Crippen LogP contribution is -2.39. The first-order chi connectivity index (χ1) is 8.61. The Kier molecular flexibility index (Phi) is 7.28. The predicted molar refractivity (Wildman–Crippen MR) is 73.5 cm³/mol. The number of nitrogens with one attached hydrogen (secondary N) is 2. The third kappa shape index (κ3) is 6.36. The molecular formula is C14H28N2O2. The van der Waals surface area contributed by atoms with Crippen molar-refractivity contribution in [2.75, 3.05) is 20.2 Å². The Balaban J connectivity index is 2.08. The van der Waals surface area contributed by atoms with Gasteiger partial charge >= 0.3 is 0 Å². The van der Waals surface area contributed by atoms with Gasteiger partial charge in [-0.25, -0.2) is 0 Å². The molecule has 2 atom stereocenters. The molecule has 1 saturated carbocycles. The molecule has 0 aromatic heterocycles. The van der Waals surface area contributed by atoms with Gasteiger partial charge < -0.3 is 15.4 Å². The van der Waals surface area contributed by atoms with Crippen molar-refractivity contribution in [3.05, 3.63) is 0 Å². The first-order valence-electron chi connectivity index (χ1n) is 7.14. The highest BCUT2D eigenvalue weighted by molar-refractivity contribution is 5.76. The Morgan fingerprint density at radius 1 is 1.39 bits per heavy atom. The maximum atomic E-state index is 11.5. The van der Waals surface area contributed by atoms with E-state index in [0.717, 1.165) is 19.5 Å². The maximum absolute atomic E-state index is 11.5. The van der Waals surface area contributed by atoms with Crippen LogP contribution in [0.4, 0.5) is 0 Å². The molecule has 0 aliphatic heterocycles. The van der Waals surface area contributed by atoms with Gasteiger partial charge in [0.1, 0.15) is 0 Å². The minimum Gasteiger partial charge on any atom is -0.381 e. The smallest absolute Gasteiger partial charge is 0.221 e. The zero-order chi connectivity index (χ0) is 13.4. The lowest BCUT2D eigenvalue weighted by atomic mass is 9.93. The molecule has 18 heavy (non-hydrogen) atoms. The summed E-state index contributed by atoms with van der Waals surface area (Å²) in [6.45, 7) is 5.75. The summed E-state index contributed by atoms with van der Waals surface area (Å²) in [4.78, 5) is 11.5. The van der Waals surface area contributed by atoms with Crippen LogP contribution in [0.15, 0.2) is 0 Å². The average molecular weight is 256 g/mol. The SMILES string of the molecule is COC1CCCC(NCCC(=O)NCC(C)C)C1. The average Bonchev–Trinajstić information content (AvgIpc) is 2.36. The fourth-order valence-corrected chi connectivity index (χ4v) is 2.34. The van der Waals surface area contributed by atoms with E-state index >= 15 is 0 Å². The number of carbonyl (C=O) groups excluding carboxylic acids is 1. The summed E-state index contributed by atoms with van der Waals surface area (Å²) < 4.78 is 5.39. The van der Waals surface area contributed by atoms with E-state index < -0.39 is 0 Å². The van der Waals surface area contributed by atoms with Crippen LogP contribution < -0.4 is 10.6 Å². The molecule has 0 bridgehead atoms. The molecule has 0 saturated heterocycles. The molecule has 1 aliphatic carbocycles. The van der Waals surface area contributed by atoms with Gasteiger partial charge in [-0.3, -0.25) is 4.79 Å². The molecular weight excluding hydrogens is 228 g/mol. The van der Waals surface area contributed by atoms with E-state index in [-0.39, 0.29) is 5.91 Å². The summed E-state index contributed by atoms with van der Waals surface area (Å²) >= 11 is 0. The van der Waals surface area contributed by atoms with E-state index in [1.54, 1.807) is 7.11 Å². The quantitative estimate of drug-likeness (QED) is 0.729. The van der Waals surface area contributed by atoms with Gasteiger partial charge in [0, 0.05) is 32.7 Å². The molecule has 1 aliphatic rings. The zero-order valence-corrected chi connectivity index (χ0v) is 12.0. The lowest BCUT2D eigenvalue weighted by molar-refractivity contribution is -0.121. The summed E-state index contributed by atoms with van der Waals surface area (Å²) in [5.41, 5.74) is 0. The van der Waals surface area contributed by atoms with Crippen LogP contribution in [0.3, 0.4) is 0 Å². The molecule has 0 spiro atoms. The van der Waals surface area contributed by atoms with Crippen molar-refractivity contribution in [1.29, 1.82) is 0 Å². The van der Waals surface area contributed by atoms with Crippen LogP contribution in [0, 0.1) is 5.92 Å². The molecule has 0 radical (unpaired) electrons. The topological polar surface area (TPSA) is 50.4 Å². The van der Waals surface area contributed by atoms with Gasteiger partial charge in [0.2, 0.25) is 5.91 Å². The molecule has 1 amide bonds. The number of amides is 1. The number of ether oxygens (including phenoxy) is 1. The molecule has 1 fully saturated rings. The van der Waals surface area contributed by atoms with Crippen LogP contribution in [0.25, 0.3) is 0 Å². The van der Waals surface area contributed by atoms with E-state index in [4.69, 9.17) is 4.74 Å². The van der Waals surface area contributed by atoms with Crippen LogP contribution >= 0.6 is 0 Å². The highest BCUT2D eigenvalue weighted by Gasteiger charge is 2.21. The van der Waals surface area contributed by atoms with Crippen molar-refractivity contribution in [3.63, 3.8) is 0 Å². The normalized spacial score (nSPS) is 24.2. The van der Waals surface area contributed by atoms with Gasteiger partial charge in [-0.2, -0.15) is 0 Å². The highest BCUT2D eigenvalue weighted by Crippen LogP contribution is 2.20. The highest BCUT2D eigenvalue weighted by atomic mass is 16.5. The van der Waals surface area contributed by atoms with Crippen LogP contribution in [-0.2, 0) is 9.53 Å². The molecule has 4 heteroatoms. The number of rotatable bonds is 7.